The summed E-state index contributed by atoms with van der Waals surface area (Å²) in [6.07, 6.45) is 5.48. The third kappa shape index (κ3) is 6.04. The normalized spacial score (nSPS) is 15.5. The first kappa shape index (κ1) is 25.5. The molecule has 1 aliphatic heterocycles. The van der Waals surface area contributed by atoms with Crippen LogP contribution in [0.4, 0.5) is 16.0 Å². The zero-order chi connectivity index (χ0) is 24.8. The van der Waals surface area contributed by atoms with Gasteiger partial charge < -0.3 is 19.7 Å². The molecule has 2 aromatic heterocycles. The lowest BCUT2D eigenvalue weighted by molar-refractivity contribution is 0.174. The van der Waals surface area contributed by atoms with Gasteiger partial charge in [-0.3, -0.25) is 4.90 Å². The van der Waals surface area contributed by atoms with Gasteiger partial charge in [0.1, 0.15) is 5.75 Å². The van der Waals surface area contributed by atoms with Crippen molar-refractivity contribution in [2.75, 3.05) is 25.5 Å². The highest BCUT2D eigenvalue weighted by Crippen LogP contribution is 2.28. The van der Waals surface area contributed by atoms with Crippen LogP contribution in [0.1, 0.15) is 28.7 Å². The minimum Gasteiger partial charge on any atom is -0.496 e. The fraction of sp³-hybridized carbons (Fsp3) is 0.391. The first-order chi connectivity index (χ1) is 16.2. The molecule has 4 rings (SSSR count). The monoisotopic (exact) mass is 489 g/mol. The van der Waals surface area contributed by atoms with E-state index in [-0.39, 0.29) is 11.9 Å². The third-order valence-corrected chi connectivity index (χ3v) is 5.67. The lowest BCUT2D eigenvalue weighted by Crippen LogP contribution is -2.21. The van der Waals surface area contributed by atoms with E-state index in [1.165, 1.54) is 6.20 Å². The SMILES string of the molecule is COc1c(C)cc(Nc2ncc(F)c(-n3cc(C)c(CN4CC[C@@H](O)C4)c3)n2)cc1C.O=S=O. The number of rotatable bonds is 6. The number of halogens is 1. The summed E-state index contributed by atoms with van der Waals surface area (Å²) in [6.45, 7) is 8.19. The van der Waals surface area contributed by atoms with Gasteiger partial charge in [-0.15, -0.1) is 0 Å². The lowest BCUT2D eigenvalue weighted by atomic mass is 10.1. The molecule has 0 radical (unpaired) electrons. The minimum atomic E-state index is -0.750. The maximum atomic E-state index is 14.6. The second kappa shape index (κ2) is 11.3. The fourth-order valence-electron chi connectivity index (χ4n) is 4.16. The number of methoxy groups -OCH3 is 1. The number of aryl methyl sites for hydroxylation is 3. The van der Waals surface area contributed by atoms with Gasteiger partial charge in [0.05, 0.1) is 19.4 Å². The molecule has 9 nitrogen and oxygen atoms in total. The van der Waals surface area contributed by atoms with Gasteiger partial charge >= 0.3 is 11.6 Å². The topological polar surface area (TPSA) is 110 Å². The number of hydrogen-bond donors (Lipinski definition) is 2. The van der Waals surface area contributed by atoms with Crippen LogP contribution in [0, 0.1) is 26.6 Å². The van der Waals surface area contributed by atoms with Gasteiger partial charge in [0.2, 0.25) is 5.95 Å². The molecule has 0 bridgehead atoms. The Bertz CT molecular complexity index is 1170. The smallest absolute Gasteiger partial charge is 0.335 e. The van der Waals surface area contributed by atoms with Gasteiger partial charge in [0, 0.05) is 37.7 Å². The molecule has 2 N–H and O–H groups in total. The summed E-state index contributed by atoms with van der Waals surface area (Å²) in [7, 11) is 1.65. The van der Waals surface area contributed by atoms with E-state index in [0.29, 0.717) is 12.5 Å². The predicted octanol–water partition coefficient (Wildman–Crippen LogP) is 2.98. The molecule has 34 heavy (non-hydrogen) atoms. The van der Waals surface area contributed by atoms with Crippen molar-refractivity contribution < 1.29 is 22.7 Å². The van der Waals surface area contributed by atoms with Gasteiger partial charge in [0.15, 0.2) is 11.6 Å². The van der Waals surface area contributed by atoms with Gasteiger partial charge in [-0.2, -0.15) is 13.4 Å². The molecule has 1 aromatic carbocycles. The van der Waals surface area contributed by atoms with Crippen molar-refractivity contribution in [2.45, 2.75) is 39.8 Å². The van der Waals surface area contributed by atoms with Crippen LogP contribution >= 0.6 is 0 Å². The highest BCUT2D eigenvalue weighted by molar-refractivity contribution is 7.51. The summed E-state index contributed by atoms with van der Waals surface area (Å²) in [6, 6.07) is 3.89. The number of aromatic nitrogens is 3. The molecule has 1 atom stereocenters. The van der Waals surface area contributed by atoms with Gasteiger partial charge in [-0.05, 0) is 61.6 Å². The molecule has 0 amide bonds. The highest BCUT2D eigenvalue weighted by atomic mass is 32.1. The van der Waals surface area contributed by atoms with Crippen molar-refractivity contribution in [1.82, 2.24) is 19.4 Å². The number of benzene rings is 1. The Hall–Kier alpha value is -3.15. The van der Waals surface area contributed by atoms with Crippen LogP contribution in [0.3, 0.4) is 0 Å². The maximum absolute atomic E-state index is 14.6. The largest absolute Gasteiger partial charge is 0.496 e. The van der Waals surface area contributed by atoms with E-state index in [0.717, 1.165) is 53.2 Å². The van der Waals surface area contributed by atoms with E-state index in [1.54, 1.807) is 11.7 Å². The number of nitrogens with zero attached hydrogens (tertiary/aromatic N) is 4. The second-order valence-electron chi connectivity index (χ2n) is 8.25. The minimum absolute atomic E-state index is 0.190. The van der Waals surface area contributed by atoms with Crippen molar-refractivity contribution in [3.8, 4) is 11.6 Å². The number of β-amino-alcohol motifs (C(OH)–C–C–N with tert-alkyl or cyclic N) is 1. The summed E-state index contributed by atoms with van der Waals surface area (Å²) < 4.78 is 38.3. The van der Waals surface area contributed by atoms with Crippen LogP contribution in [0.5, 0.6) is 5.75 Å². The Balaban J connectivity index is 0.00000103. The molecule has 11 heteroatoms. The van der Waals surface area contributed by atoms with Crippen LogP contribution in [0.2, 0.25) is 0 Å². The number of ether oxygens (including phenoxy) is 1. The Morgan fingerprint density at radius 3 is 2.47 bits per heavy atom. The van der Waals surface area contributed by atoms with Crippen LogP contribution in [-0.2, 0) is 18.1 Å². The summed E-state index contributed by atoms with van der Waals surface area (Å²) in [4.78, 5) is 10.7. The van der Waals surface area contributed by atoms with Crippen LogP contribution < -0.4 is 10.1 Å². The molecule has 0 unspecified atom stereocenters. The number of nitrogens with one attached hydrogen (secondary N) is 1. The van der Waals surface area contributed by atoms with E-state index < -0.39 is 17.4 Å². The zero-order valence-corrected chi connectivity index (χ0v) is 20.4. The zero-order valence-electron chi connectivity index (χ0n) is 19.5. The quantitative estimate of drug-likeness (QED) is 0.544. The molecule has 1 saturated heterocycles. The number of anilines is 2. The van der Waals surface area contributed by atoms with Crippen molar-refractivity contribution in [1.29, 1.82) is 0 Å². The molecule has 182 valence electrons. The van der Waals surface area contributed by atoms with Gasteiger partial charge in [0.25, 0.3) is 0 Å². The molecular formula is C23H28FN5O4S. The van der Waals surface area contributed by atoms with E-state index >= 15 is 0 Å². The summed E-state index contributed by atoms with van der Waals surface area (Å²) in [5.74, 6) is 0.851. The number of hydrogen-bond acceptors (Lipinski definition) is 8. The second-order valence-corrected chi connectivity index (χ2v) is 8.39. The van der Waals surface area contributed by atoms with Crippen molar-refractivity contribution in [3.63, 3.8) is 0 Å². The molecule has 1 aliphatic rings. The highest BCUT2D eigenvalue weighted by Gasteiger charge is 2.21. The van der Waals surface area contributed by atoms with E-state index in [2.05, 4.69) is 20.2 Å². The summed E-state index contributed by atoms with van der Waals surface area (Å²) >= 11 is -0.750. The lowest BCUT2D eigenvalue weighted by Gasteiger charge is -2.14. The molecule has 3 aromatic rings. The summed E-state index contributed by atoms with van der Waals surface area (Å²) in [5, 5.41) is 12.9. The number of likely N-dealkylation sites (tertiary alicyclic amines) is 1. The molecular weight excluding hydrogens is 461 g/mol. The first-order valence-corrected chi connectivity index (χ1v) is 11.4. The van der Waals surface area contributed by atoms with Crippen molar-refractivity contribution in [2.24, 2.45) is 0 Å². The van der Waals surface area contributed by atoms with Crippen LogP contribution in [0.15, 0.2) is 30.7 Å². The third-order valence-electron chi connectivity index (χ3n) is 5.67. The maximum Gasteiger partial charge on any atom is 0.335 e. The standard InChI is InChI=1S/C23H28FN5O2.O2S/c1-14-7-18(8-15(2)21(14)31-4)26-23-25-9-20(24)22(27-23)29-10-16(3)17(12-29)11-28-6-5-19(30)13-28;1-3-2/h7-10,12,19,30H,5-6,11,13H2,1-4H3,(H,25,26,27);/t19-;/m1./s1. The van der Waals surface area contributed by atoms with E-state index in [1.807, 2.05) is 45.3 Å². The Labute approximate surface area is 201 Å². The average Bonchev–Trinajstić information content (AvgIpc) is 3.35. The number of aliphatic hydroxyl groups is 1. The Morgan fingerprint density at radius 1 is 1.21 bits per heavy atom. The number of aliphatic hydroxyl groups excluding tert-OH is 1. The van der Waals surface area contributed by atoms with E-state index in [9.17, 15) is 9.50 Å². The van der Waals surface area contributed by atoms with Crippen molar-refractivity contribution in [3.05, 3.63) is 58.8 Å². The Morgan fingerprint density at radius 2 is 1.88 bits per heavy atom. The predicted molar refractivity (Wildman–Crippen MR) is 127 cm³/mol. The molecule has 1 fully saturated rings. The molecule has 0 saturated carbocycles. The molecule has 3 heterocycles. The first-order valence-electron chi connectivity index (χ1n) is 10.7. The van der Waals surface area contributed by atoms with E-state index in [4.69, 9.17) is 13.2 Å². The van der Waals surface area contributed by atoms with Crippen LogP contribution in [0.25, 0.3) is 5.82 Å². The fourth-order valence-corrected chi connectivity index (χ4v) is 4.16. The summed E-state index contributed by atoms with van der Waals surface area (Å²) in [5.41, 5.74) is 4.93. The van der Waals surface area contributed by atoms with Gasteiger partial charge in [-0.1, -0.05) is 0 Å². The molecule has 0 aliphatic carbocycles. The average molecular weight is 490 g/mol. The molecule has 0 spiro atoms. The van der Waals surface area contributed by atoms with Gasteiger partial charge in [-0.25, -0.2) is 9.37 Å². The van der Waals surface area contributed by atoms with Crippen LogP contribution in [-0.4, -0.2) is 59.3 Å². The Kier molecular flexibility index (Phi) is 8.48. The van der Waals surface area contributed by atoms with Crippen molar-refractivity contribution >= 4 is 23.2 Å².